The minimum absolute atomic E-state index is 0.190. The summed E-state index contributed by atoms with van der Waals surface area (Å²) in [4.78, 5) is 4.03. The predicted octanol–water partition coefficient (Wildman–Crippen LogP) is 2.20. The van der Waals surface area contributed by atoms with Gasteiger partial charge in [-0.25, -0.2) is 0 Å². The standard InChI is InChI=1S/C17H18N4O2S/c1-18-13-15-12-17(14-8-4-2-5-9-14)21(19-15)20-24(22,23)16-10-6-3-7-11-16/h2-12,18,20H,13H2,1H3. The molecule has 3 rings (SSSR count). The summed E-state index contributed by atoms with van der Waals surface area (Å²) in [5.74, 6) is 0. The van der Waals surface area contributed by atoms with Crippen LogP contribution in [0.5, 0.6) is 0 Å². The second-order valence-corrected chi connectivity index (χ2v) is 6.90. The van der Waals surface area contributed by atoms with Gasteiger partial charge in [0.05, 0.1) is 16.3 Å². The molecule has 0 radical (unpaired) electrons. The van der Waals surface area contributed by atoms with E-state index in [0.717, 1.165) is 11.3 Å². The summed E-state index contributed by atoms with van der Waals surface area (Å²) in [5, 5.41) is 7.37. The molecule has 0 saturated carbocycles. The minimum atomic E-state index is -3.72. The van der Waals surface area contributed by atoms with Crippen molar-refractivity contribution in [1.29, 1.82) is 0 Å². The van der Waals surface area contributed by atoms with E-state index >= 15 is 0 Å². The molecule has 0 saturated heterocycles. The lowest BCUT2D eigenvalue weighted by Crippen LogP contribution is -2.25. The van der Waals surface area contributed by atoms with E-state index in [1.807, 2.05) is 43.4 Å². The number of nitrogens with zero attached hydrogens (tertiary/aromatic N) is 2. The predicted molar refractivity (Wildman–Crippen MR) is 93.4 cm³/mol. The van der Waals surface area contributed by atoms with Crippen LogP contribution in [0.4, 0.5) is 0 Å². The number of aromatic nitrogens is 2. The molecule has 2 N–H and O–H groups in total. The normalized spacial score (nSPS) is 11.4. The molecule has 124 valence electrons. The third-order valence-corrected chi connectivity index (χ3v) is 4.75. The van der Waals surface area contributed by atoms with Crippen molar-refractivity contribution in [2.75, 3.05) is 11.9 Å². The van der Waals surface area contributed by atoms with Crippen LogP contribution in [0.3, 0.4) is 0 Å². The van der Waals surface area contributed by atoms with Crippen LogP contribution in [0, 0.1) is 0 Å². The van der Waals surface area contributed by atoms with Gasteiger partial charge < -0.3 is 5.32 Å². The molecule has 1 aromatic heterocycles. The lowest BCUT2D eigenvalue weighted by Gasteiger charge is -2.11. The zero-order chi connectivity index (χ0) is 17.0. The van der Waals surface area contributed by atoms with E-state index < -0.39 is 10.0 Å². The summed E-state index contributed by atoms with van der Waals surface area (Å²) >= 11 is 0. The quantitative estimate of drug-likeness (QED) is 0.720. The SMILES string of the molecule is CNCc1cc(-c2ccccc2)n(NS(=O)(=O)c2ccccc2)n1. The Morgan fingerprint density at radius 1 is 1.00 bits per heavy atom. The molecule has 0 spiro atoms. The Hall–Kier alpha value is -2.64. The molecule has 7 heteroatoms. The van der Waals surface area contributed by atoms with Crippen molar-refractivity contribution in [3.8, 4) is 11.3 Å². The monoisotopic (exact) mass is 342 g/mol. The molecule has 0 atom stereocenters. The first kappa shape index (κ1) is 16.2. The van der Waals surface area contributed by atoms with Crippen molar-refractivity contribution in [1.82, 2.24) is 15.2 Å². The highest BCUT2D eigenvalue weighted by molar-refractivity contribution is 7.92. The third kappa shape index (κ3) is 3.47. The van der Waals surface area contributed by atoms with E-state index in [-0.39, 0.29) is 4.90 Å². The molecule has 1 heterocycles. The largest absolute Gasteiger partial charge is 0.314 e. The van der Waals surface area contributed by atoms with Crippen molar-refractivity contribution in [2.45, 2.75) is 11.4 Å². The van der Waals surface area contributed by atoms with Gasteiger partial charge in [0.2, 0.25) is 0 Å². The van der Waals surface area contributed by atoms with E-state index in [0.29, 0.717) is 12.2 Å². The highest BCUT2D eigenvalue weighted by atomic mass is 32.2. The van der Waals surface area contributed by atoms with Gasteiger partial charge in [0.1, 0.15) is 0 Å². The summed E-state index contributed by atoms with van der Waals surface area (Å²) in [6, 6.07) is 19.6. The molecule has 0 aliphatic heterocycles. The van der Waals surface area contributed by atoms with Gasteiger partial charge in [0.25, 0.3) is 10.0 Å². The molecule has 3 aromatic rings. The van der Waals surface area contributed by atoms with Crippen molar-refractivity contribution in [3.63, 3.8) is 0 Å². The molecule has 24 heavy (non-hydrogen) atoms. The van der Waals surface area contributed by atoms with Gasteiger partial charge in [0, 0.05) is 12.1 Å². The first-order valence-corrected chi connectivity index (χ1v) is 8.95. The van der Waals surface area contributed by atoms with Gasteiger partial charge in [-0.05, 0) is 25.2 Å². The second kappa shape index (κ2) is 6.86. The Labute approximate surface area is 141 Å². The molecule has 0 unspecified atom stereocenters. The van der Waals surface area contributed by atoms with Crippen LogP contribution >= 0.6 is 0 Å². The molecule has 0 bridgehead atoms. The van der Waals surface area contributed by atoms with E-state index in [4.69, 9.17) is 0 Å². The molecule has 0 amide bonds. The number of hydrogen-bond acceptors (Lipinski definition) is 4. The Balaban J connectivity index is 2.01. The zero-order valence-electron chi connectivity index (χ0n) is 13.2. The zero-order valence-corrected chi connectivity index (χ0v) is 14.0. The summed E-state index contributed by atoms with van der Waals surface area (Å²) in [6.07, 6.45) is 0. The van der Waals surface area contributed by atoms with E-state index in [1.54, 1.807) is 30.3 Å². The molecule has 2 aromatic carbocycles. The van der Waals surface area contributed by atoms with Crippen LogP contribution in [0.2, 0.25) is 0 Å². The molecular formula is C17H18N4O2S. The first-order valence-electron chi connectivity index (χ1n) is 7.47. The average molecular weight is 342 g/mol. The Morgan fingerprint density at radius 3 is 2.25 bits per heavy atom. The van der Waals surface area contributed by atoms with Crippen LogP contribution in [-0.4, -0.2) is 25.4 Å². The maximum Gasteiger partial charge on any atom is 0.276 e. The average Bonchev–Trinajstić information content (AvgIpc) is 2.98. The van der Waals surface area contributed by atoms with Gasteiger partial charge in [-0.3, -0.25) is 0 Å². The van der Waals surface area contributed by atoms with Crippen LogP contribution in [-0.2, 0) is 16.6 Å². The number of hydrogen-bond donors (Lipinski definition) is 2. The summed E-state index contributed by atoms with van der Waals surface area (Å²) < 4.78 is 25.1. The highest BCUT2D eigenvalue weighted by Gasteiger charge is 2.17. The molecule has 0 aliphatic rings. The maximum atomic E-state index is 12.6. The number of sulfonamides is 1. The fourth-order valence-corrected chi connectivity index (χ4v) is 3.34. The van der Waals surface area contributed by atoms with Crippen molar-refractivity contribution >= 4 is 10.0 Å². The van der Waals surface area contributed by atoms with Gasteiger partial charge in [0.15, 0.2) is 0 Å². The van der Waals surface area contributed by atoms with Gasteiger partial charge >= 0.3 is 0 Å². The van der Waals surface area contributed by atoms with Crippen molar-refractivity contribution in [3.05, 3.63) is 72.4 Å². The number of rotatable bonds is 6. The van der Waals surface area contributed by atoms with Crippen LogP contribution in [0.25, 0.3) is 11.3 Å². The number of benzene rings is 2. The Morgan fingerprint density at radius 2 is 1.62 bits per heavy atom. The Kier molecular flexibility index (Phi) is 4.64. The first-order chi connectivity index (χ1) is 11.6. The fourth-order valence-electron chi connectivity index (χ4n) is 2.35. The highest BCUT2D eigenvalue weighted by Crippen LogP contribution is 2.20. The fraction of sp³-hybridized carbons (Fsp3) is 0.118. The Bertz CT molecular complexity index is 906. The minimum Gasteiger partial charge on any atom is -0.314 e. The van der Waals surface area contributed by atoms with E-state index in [9.17, 15) is 8.42 Å². The van der Waals surface area contributed by atoms with Gasteiger partial charge in [-0.2, -0.15) is 23.1 Å². The lowest BCUT2D eigenvalue weighted by molar-refractivity contribution is 0.591. The second-order valence-electron chi connectivity index (χ2n) is 5.24. The summed E-state index contributed by atoms with van der Waals surface area (Å²) in [6.45, 7) is 0.542. The molecule has 0 aliphatic carbocycles. The van der Waals surface area contributed by atoms with E-state index in [2.05, 4.69) is 15.2 Å². The topological polar surface area (TPSA) is 76.0 Å². The van der Waals surface area contributed by atoms with Crippen molar-refractivity contribution < 1.29 is 8.42 Å². The lowest BCUT2D eigenvalue weighted by atomic mass is 10.1. The van der Waals surface area contributed by atoms with Gasteiger partial charge in [-0.1, -0.05) is 48.5 Å². The molecule has 0 fully saturated rings. The molecule has 6 nitrogen and oxygen atoms in total. The van der Waals surface area contributed by atoms with Gasteiger partial charge in [-0.15, -0.1) is 0 Å². The smallest absolute Gasteiger partial charge is 0.276 e. The summed E-state index contributed by atoms with van der Waals surface area (Å²) in [5.41, 5.74) is 2.30. The number of nitrogens with one attached hydrogen (secondary N) is 2. The maximum absolute atomic E-state index is 12.6. The molecular weight excluding hydrogens is 324 g/mol. The third-order valence-electron chi connectivity index (χ3n) is 3.45. The van der Waals surface area contributed by atoms with E-state index in [1.165, 1.54) is 4.79 Å². The van der Waals surface area contributed by atoms with Crippen LogP contribution in [0.1, 0.15) is 5.69 Å². The summed E-state index contributed by atoms with van der Waals surface area (Å²) in [7, 11) is -1.90. The van der Waals surface area contributed by atoms with Crippen molar-refractivity contribution in [2.24, 2.45) is 0 Å². The van der Waals surface area contributed by atoms with Crippen LogP contribution in [0.15, 0.2) is 71.6 Å². The van der Waals surface area contributed by atoms with Crippen LogP contribution < -0.4 is 10.1 Å².